The number of nitrogens with zero attached hydrogens (tertiary/aromatic N) is 2. The van der Waals surface area contributed by atoms with Crippen molar-refractivity contribution in [2.24, 2.45) is 5.18 Å². The van der Waals surface area contributed by atoms with E-state index in [0.717, 1.165) is 0 Å². The Hall–Kier alpha value is -1.58. The number of hydrogen-bond acceptors (Lipinski definition) is 4. The van der Waals surface area contributed by atoms with E-state index in [4.69, 9.17) is 0 Å². The van der Waals surface area contributed by atoms with Gasteiger partial charge in [-0.3, -0.25) is 9.78 Å². The molecule has 0 saturated heterocycles. The molecule has 1 atom stereocenters. The number of rotatable bonds is 4. The summed E-state index contributed by atoms with van der Waals surface area (Å²) in [5.74, 6) is -0.236. The van der Waals surface area contributed by atoms with Gasteiger partial charge in [-0.1, -0.05) is 12.1 Å². The van der Waals surface area contributed by atoms with E-state index in [2.05, 4.69) is 10.2 Å². The molecule has 1 aromatic heterocycles. The van der Waals surface area contributed by atoms with E-state index in [1.54, 1.807) is 19.1 Å². The molecule has 1 aromatic rings. The van der Waals surface area contributed by atoms with Gasteiger partial charge in [0.25, 0.3) is 0 Å². The SMILES string of the molecule is CCC(N=O)C(=O)c1ccncc1. The maximum atomic E-state index is 11.5. The Kier molecular flexibility index (Phi) is 3.25. The molecule has 0 aliphatic heterocycles. The number of ketones is 1. The Labute approximate surface area is 76.0 Å². The van der Waals surface area contributed by atoms with Crippen LogP contribution in [0.1, 0.15) is 23.7 Å². The number of hydrogen-bond donors (Lipinski definition) is 0. The Morgan fingerprint density at radius 1 is 1.54 bits per heavy atom. The van der Waals surface area contributed by atoms with Crippen LogP contribution in [-0.2, 0) is 0 Å². The summed E-state index contributed by atoms with van der Waals surface area (Å²) in [6.07, 6.45) is 3.47. The number of Topliss-reactive ketones (excluding diaryl/α,β-unsaturated/α-hetero) is 1. The monoisotopic (exact) mass is 178 g/mol. The molecule has 1 unspecified atom stereocenters. The van der Waals surface area contributed by atoms with Crippen molar-refractivity contribution in [3.63, 3.8) is 0 Å². The molecule has 4 nitrogen and oxygen atoms in total. The van der Waals surface area contributed by atoms with Crippen LogP contribution in [0, 0.1) is 4.91 Å². The van der Waals surface area contributed by atoms with Crippen molar-refractivity contribution in [3.05, 3.63) is 35.0 Å². The van der Waals surface area contributed by atoms with E-state index in [0.29, 0.717) is 12.0 Å². The first-order chi connectivity index (χ1) is 6.29. The van der Waals surface area contributed by atoms with Gasteiger partial charge in [0, 0.05) is 18.0 Å². The van der Waals surface area contributed by atoms with Gasteiger partial charge >= 0.3 is 0 Å². The highest BCUT2D eigenvalue weighted by Gasteiger charge is 2.17. The molecule has 68 valence electrons. The number of carbonyl (C=O) groups is 1. The van der Waals surface area contributed by atoms with Gasteiger partial charge in [-0.2, -0.15) is 4.91 Å². The fourth-order valence-corrected chi connectivity index (χ4v) is 1.02. The zero-order valence-corrected chi connectivity index (χ0v) is 7.30. The molecule has 0 saturated carbocycles. The highest BCUT2D eigenvalue weighted by Crippen LogP contribution is 2.07. The molecule has 0 radical (unpaired) electrons. The second kappa shape index (κ2) is 4.45. The first kappa shape index (κ1) is 9.51. The summed E-state index contributed by atoms with van der Waals surface area (Å²) in [5.41, 5.74) is 0.487. The molecule has 0 N–H and O–H groups in total. The maximum Gasteiger partial charge on any atom is 0.191 e. The summed E-state index contributed by atoms with van der Waals surface area (Å²) >= 11 is 0. The molecule has 0 amide bonds. The van der Waals surface area contributed by atoms with E-state index in [9.17, 15) is 9.70 Å². The van der Waals surface area contributed by atoms with Crippen molar-refractivity contribution in [2.75, 3.05) is 0 Å². The summed E-state index contributed by atoms with van der Waals surface area (Å²) in [4.78, 5) is 25.5. The van der Waals surface area contributed by atoms with Crippen LogP contribution in [-0.4, -0.2) is 16.8 Å². The summed E-state index contributed by atoms with van der Waals surface area (Å²) in [6.45, 7) is 1.76. The Balaban J connectivity index is 2.84. The molecular formula is C9H10N2O2. The first-order valence-corrected chi connectivity index (χ1v) is 4.06. The van der Waals surface area contributed by atoms with Crippen molar-refractivity contribution in [3.8, 4) is 0 Å². The minimum Gasteiger partial charge on any atom is -0.292 e. The van der Waals surface area contributed by atoms with Crippen LogP contribution in [0.25, 0.3) is 0 Å². The summed E-state index contributed by atoms with van der Waals surface area (Å²) in [5, 5.41) is 2.76. The van der Waals surface area contributed by atoms with Crippen molar-refractivity contribution in [1.82, 2.24) is 4.98 Å². The van der Waals surface area contributed by atoms with Gasteiger partial charge in [0.2, 0.25) is 0 Å². The number of nitroso groups, excluding NO2 is 1. The van der Waals surface area contributed by atoms with Crippen LogP contribution in [0.4, 0.5) is 0 Å². The Morgan fingerprint density at radius 2 is 2.15 bits per heavy atom. The summed E-state index contributed by atoms with van der Waals surface area (Å²) in [6, 6.07) is 2.40. The van der Waals surface area contributed by atoms with Crippen molar-refractivity contribution in [2.45, 2.75) is 19.4 Å². The quantitative estimate of drug-likeness (QED) is 0.521. The lowest BCUT2D eigenvalue weighted by molar-refractivity contribution is 0.0960. The third-order valence-electron chi connectivity index (χ3n) is 1.78. The normalized spacial score (nSPS) is 12.1. The maximum absolute atomic E-state index is 11.5. The van der Waals surface area contributed by atoms with Gasteiger partial charge < -0.3 is 0 Å². The molecule has 0 aliphatic rings. The number of pyridine rings is 1. The van der Waals surface area contributed by atoms with Crippen LogP contribution in [0.15, 0.2) is 29.7 Å². The highest BCUT2D eigenvalue weighted by atomic mass is 16.3. The smallest absolute Gasteiger partial charge is 0.191 e. The van der Waals surface area contributed by atoms with E-state index in [1.807, 2.05) is 0 Å². The van der Waals surface area contributed by atoms with Crippen LogP contribution in [0.3, 0.4) is 0 Å². The molecule has 1 heterocycles. The van der Waals surface area contributed by atoms with Gasteiger partial charge in [-0.15, -0.1) is 0 Å². The van der Waals surface area contributed by atoms with Gasteiger partial charge in [-0.25, -0.2) is 0 Å². The molecule has 1 rings (SSSR count). The van der Waals surface area contributed by atoms with Gasteiger partial charge in [0.15, 0.2) is 11.8 Å². The minimum absolute atomic E-state index is 0.236. The second-order valence-electron chi connectivity index (χ2n) is 2.63. The average molecular weight is 178 g/mol. The molecule has 0 spiro atoms. The molecule has 4 heteroatoms. The van der Waals surface area contributed by atoms with Crippen LogP contribution >= 0.6 is 0 Å². The summed E-state index contributed by atoms with van der Waals surface area (Å²) < 4.78 is 0. The fraction of sp³-hybridized carbons (Fsp3) is 0.333. The number of aromatic nitrogens is 1. The Bertz CT molecular complexity index is 298. The van der Waals surface area contributed by atoms with Crippen molar-refractivity contribution < 1.29 is 4.79 Å². The van der Waals surface area contributed by atoms with Crippen molar-refractivity contribution in [1.29, 1.82) is 0 Å². The lowest BCUT2D eigenvalue weighted by Crippen LogP contribution is -2.16. The second-order valence-corrected chi connectivity index (χ2v) is 2.63. The highest BCUT2D eigenvalue weighted by molar-refractivity contribution is 5.99. The summed E-state index contributed by atoms with van der Waals surface area (Å²) in [7, 11) is 0. The van der Waals surface area contributed by atoms with Crippen LogP contribution in [0.5, 0.6) is 0 Å². The van der Waals surface area contributed by atoms with Gasteiger partial charge in [0.05, 0.1) is 0 Å². The van der Waals surface area contributed by atoms with E-state index >= 15 is 0 Å². The van der Waals surface area contributed by atoms with Gasteiger partial charge in [0.1, 0.15) is 0 Å². The fourth-order valence-electron chi connectivity index (χ4n) is 1.02. The average Bonchev–Trinajstić information content (AvgIpc) is 2.21. The topological polar surface area (TPSA) is 59.4 Å². The zero-order valence-electron chi connectivity index (χ0n) is 7.30. The van der Waals surface area contributed by atoms with Gasteiger partial charge in [-0.05, 0) is 18.6 Å². The number of carbonyl (C=O) groups excluding carboxylic acids is 1. The largest absolute Gasteiger partial charge is 0.292 e. The third-order valence-corrected chi connectivity index (χ3v) is 1.78. The third kappa shape index (κ3) is 2.18. The molecule has 13 heavy (non-hydrogen) atoms. The van der Waals surface area contributed by atoms with E-state index in [-0.39, 0.29) is 5.78 Å². The standard InChI is InChI=1S/C9H10N2O2/c1-2-8(11-13)9(12)7-3-5-10-6-4-7/h3-6,8H,2H2,1H3. The lowest BCUT2D eigenvalue weighted by atomic mass is 10.0. The zero-order chi connectivity index (χ0) is 9.68. The van der Waals surface area contributed by atoms with Crippen LogP contribution < -0.4 is 0 Å². The first-order valence-electron chi connectivity index (χ1n) is 4.06. The van der Waals surface area contributed by atoms with E-state index < -0.39 is 6.04 Å². The molecule has 0 aromatic carbocycles. The Morgan fingerprint density at radius 3 is 2.62 bits per heavy atom. The molecule has 0 fully saturated rings. The predicted molar refractivity (Wildman–Crippen MR) is 48.4 cm³/mol. The molecular weight excluding hydrogens is 168 g/mol. The predicted octanol–water partition coefficient (Wildman–Crippen LogP) is 1.81. The molecule has 0 bridgehead atoms. The molecule has 0 aliphatic carbocycles. The minimum atomic E-state index is -0.762. The van der Waals surface area contributed by atoms with Crippen LogP contribution in [0.2, 0.25) is 0 Å². The van der Waals surface area contributed by atoms with E-state index in [1.165, 1.54) is 12.4 Å². The lowest BCUT2D eigenvalue weighted by Gasteiger charge is -2.03. The van der Waals surface area contributed by atoms with Crippen molar-refractivity contribution >= 4 is 5.78 Å².